The highest BCUT2D eigenvalue weighted by molar-refractivity contribution is 7.98. The minimum absolute atomic E-state index is 0.0630. The summed E-state index contributed by atoms with van der Waals surface area (Å²) >= 11 is 1.59. The highest BCUT2D eigenvalue weighted by Gasteiger charge is 2.24. The monoisotopic (exact) mass is 475 g/mol. The minimum Gasteiger partial charge on any atom is -0.379 e. The number of benzene rings is 3. The van der Waals surface area contributed by atoms with Crippen LogP contribution in [0.25, 0.3) is 0 Å². The Kier molecular flexibility index (Phi) is 8.31. The summed E-state index contributed by atoms with van der Waals surface area (Å²) in [4.78, 5) is 16.3. The summed E-state index contributed by atoms with van der Waals surface area (Å²) in [6, 6.07) is 23.6. The van der Waals surface area contributed by atoms with Crippen LogP contribution in [0.2, 0.25) is 0 Å². The smallest absolute Gasteiger partial charge is 0.252 e. The lowest BCUT2D eigenvalue weighted by Gasteiger charge is -2.35. The quantitative estimate of drug-likeness (QED) is 0.475. The third kappa shape index (κ3) is 6.23. The molecular weight excluding hydrogens is 449 g/mol. The summed E-state index contributed by atoms with van der Waals surface area (Å²) in [7, 11) is 0. The van der Waals surface area contributed by atoms with Crippen molar-refractivity contribution in [2.45, 2.75) is 16.7 Å². The van der Waals surface area contributed by atoms with E-state index in [9.17, 15) is 9.18 Å². The molecule has 5 nitrogen and oxygen atoms in total. The van der Waals surface area contributed by atoms with Crippen LogP contribution in [0.4, 0.5) is 4.39 Å². The number of ether oxygens (including phenoxy) is 1. The van der Waals surface area contributed by atoms with Crippen LogP contribution in [0, 0.1) is 17.1 Å². The average molecular weight is 476 g/mol. The predicted octanol–water partition coefficient (Wildman–Crippen LogP) is 4.79. The van der Waals surface area contributed by atoms with Gasteiger partial charge in [-0.25, -0.2) is 4.39 Å². The first-order valence-electron chi connectivity index (χ1n) is 11.2. The van der Waals surface area contributed by atoms with Crippen LogP contribution in [0.15, 0.2) is 77.7 Å². The molecule has 34 heavy (non-hydrogen) atoms. The molecule has 1 fully saturated rings. The Morgan fingerprint density at radius 1 is 1.06 bits per heavy atom. The number of thioether (sulfide) groups is 1. The fraction of sp³-hybridized carbons (Fsp3) is 0.259. The topological polar surface area (TPSA) is 65.4 Å². The molecule has 1 unspecified atom stereocenters. The number of carbonyl (C=O) groups is 1. The van der Waals surface area contributed by atoms with Gasteiger partial charge in [0.2, 0.25) is 0 Å². The zero-order chi connectivity index (χ0) is 23.8. The number of hydrogen-bond acceptors (Lipinski definition) is 5. The molecule has 1 aliphatic heterocycles. The van der Waals surface area contributed by atoms with E-state index in [4.69, 9.17) is 10.00 Å². The summed E-state index contributed by atoms with van der Waals surface area (Å²) in [6.45, 7) is 3.21. The molecule has 174 valence electrons. The van der Waals surface area contributed by atoms with E-state index in [0.29, 0.717) is 36.6 Å². The first-order valence-corrected chi connectivity index (χ1v) is 12.2. The van der Waals surface area contributed by atoms with Crippen LogP contribution in [-0.2, 0) is 10.5 Å². The second kappa shape index (κ2) is 11.8. The summed E-state index contributed by atoms with van der Waals surface area (Å²) in [5.74, 6) is 0.284. The molecule has 0 aliphatic carbocycles. The molecule has 7 heteroatoms. The second-order valence-electron chi connectivity index (χ2n) is 8.02. The highest BCUT2D eigenvalue weighted by Crippen LogP contribution is 2.27. The molecule has 0 bridgehead atoms. The van der Waals surface area contributed by atoms with Crippen LogP contribution < -0.4 is 5.32 Å². The molecule has 0 saturated carbocycles. The maximum Gasteiger partial charge on any atom is 0.252 e. The highest BCUT2D eigenvalue weighted by atomic mass is 32.2. The molecule has 0 radical (unpaired) electrons. The van der Waals surface area contributed by atoms with Crippen molar-refractivity contribution in [2.75, 3.05) is 32.8 Å². The Labute approximate surface area is 203 Å². The molecule has 1 atom stereocenters. The minimum atomic E-state index is -0.276. The summed E-state index contributed by atoms with van der Waals surface area (Å²) in [5.41, 5.74) is 3.31. The molecule has 4 rings (SSSR count). The molecule has 1 amide bonds. The Hall–Kier alpha value is -3.18. The maximum atomic E-state index is 13.5. The number of nitriles is 1. The van der Waals surface area contributed by atoms with Gasteiger partial charge in [-0.15, -0.1) is 11.8 Å². The van der Waals surface area contributed by atoms with Crippen molar-refractivity contribution in [3.8, 4) is 6.07 Å². The fourth-order valence-electron chi connectivity index (χ4n) is 3.93. The molecule has 0 spiro atoms. The normalized spacial score (nSPS) is 14.8. The average Bonchev–Trinajstić information content (AvgIpc) is 2.89. The summed E-state index contributed by atoms with van der Waals surface area (Å²) < 4.78 is 19.0. The zero-order valence-electron chi connectivity index (χ0n) is 18.7. The number of halogens is 1. The van der Waals surface area contributed by atoms with Crippen molar-refractivity contribution in [2.24, 2.45) is 0 Å². The van der Waals surface area contributed by atoms with Gasteiger partial charge in [0.15, 0.2) is 0 Å². The van der Waals surface area contributed by atoms with E-state index in [1.54, 1.807) is 36.0 Å². The maximum absolute atomic E-state index is 13.5. The van der Waals surface area contributed by atoms with E-state index in [-0.39, 0.29) is 17.8 Å². The first-order chi connectivity index (χ1) is 16.6. The van der Waals surface area contributed by atoms with E-state index in [2.05, 4.69) is 16.3 Å². The molecular formula is C27H26FN3O2S. The lowest BCUT2D eigenvalue weighted by Crippen LogP contribution is -2.43. The number of nitrogens with zero attached hydrogens (tertiary/aromatic N) is 2. The van der Waals surface area contributed by atoms with Gasteiger partial charge >= 0.3 is 0 Å². The van der Waals surface area contributed by atoms with E-state index < -0.39 is 0 Å². The Balaban J connectivity index is 1.44. The van der Waals surface area contributed by atoms with Gasteiger partial charge in [0, 0.05) is 30.3 Å². The van der Waals surface area contributed by atoms with E-state index in [0.717, 1.165) is 29.1 Å². The molecule has 0 aromatic heterocycles. The van der Waals surface area contributed by atoms with Crippen molar-refractivity contribution < 1.29 is 13.9 Å². The second-order valence-corrected chi connectivity index (χ2v) is 9.04. The van der Waals surface area contributed by atoms with Gasteiger partial charge < -0.3 is 10.1 Å². The Bertz CT molecular complexity index is 1140. The summed E-state index contributed by atoms with van der Waals surface area (Å²) in [6.07, 6.45) is 0. The molecule has 1 heterocycles. The lowest BCUT2D eigenvalue weighted by molar-refractivity contribution is 0.0162. The van der Waals surface area contributed by atoms with Crippen LogP contribution in [0.3, 0.4) is 0 Å². The number of amides is 1. The Morgan fingerprint density at radius 3 is 2.47 bits per heavy atom. The van der Waals surface area contributed by atoms with Crippen molar-refractivity contribution in [3.05, 3.63) is 101 Å². The van der Waals surface area contributed by atoms with Crippen LogP contribution in [0.5, 0.6) is 0 Å². The van der Waals surface area contributed by atoms with E-state index in [1.807, 2.05) is 36.4 Å². The van der Waals surface area contributed by atoms with Gasteiger partial charge in [0.1, 0.15) is 5.82 Å². The Morgan fingerprint density at radius 2 is 1.76 bits per heavy atom. The van der Waals surface area contributed by atoms with Gasteiger partial charge in [0.25, 0.3) is 5.91 Å². The molecule has 3 aromatic rings. The standard InChI is InChI=1S/C27H26FN3O2S/c28-23-11-9-22(10-12-23)25(31-13-15-33-16-14-31)18-30-27(32)24-3-1-2-4-26(24)34-19-21-7-5-20(17-29)6-8-21/h1-12,25H,13-16,18-19H2,(H,30,32). The van der Waals surface area contributed by atoms with Crippen LogP contribution in [0.1, 0.15) is 33.1 Å². The lowest BCUT2D eigenvalue weighted by atomic mass is 10.0. The van der Waals surface area contributed by atoms with Gasteiger partial charge in [-0.2, -0.15) is 5.26 Å². The van der Waals surface area contributed by atoms with E-state index in [1.165, 1.54) is 12.1 Å². The fourth-order valence-corrected chi connectivity index (χ4v) is 4.94. The van der Waals surface area contributed by atoms with Crippen molar-refractivity contribution in [1.29, 1.82) is 5.26 Å². The van der Waals surface area contributed by atoms with Crippen LogP contribution >= 0.6 is 11.8 Å². The van der Waals surface area contributed by atoms with Gasteiger partial charge in [0.05, 0.1) is 36.5 Å². The van der Waals surface area contributed by atoms with Crippen LogP contribution in [-0.4, -0.2) is 43.7 Å². The van der Waals surface area contributed by atoms with Crippen molar-refractivity contribution in [3.63, 3.8) is 0 Å². The van der Waals surface area contributed by atoms with Crippen molar-refractivity contribution >= 4 is 17.7 Å². The third-order valence-electron chi connectivity index (χ3n) is 5.81. The first kappa shape index (κ1) is 24.0. The molecule has 1 saturated heterocycles. The predicted molar refractivity (Wildman–Crippen MR) is 131 cm³/mol. The number of morpholine rings is 1. The third-order valence-corrected chi connectivity index (χ3v) is 6.95. The van der Waals surface area contributed by atoms with Gasteiger partial charge in [-0.05, 0) is 47.5 Å². The SMILES string of the molecule is N#Cc1ccc(CSc2ccccc2C(=O)NCC(c2ccc(F)cc2)N2CCOCC2)cc1. The molecule has 1 aliphatic rings. The number of nitrogens with one attached hydrogen (secondary N) is 1. The van der Waals surface area contributed by atoms with E-state index >= 15 is 0 Å². The summed E-state index contributed by atoms with van der Waals surface area (Å²) in [5, 5.41) is 12.1. The van der Waals surface area contributed by atoms with Gasteiger partial charge in [-0.3, -0.25) is 9.69 Å². The molecule has 3 aromatic carbocycles. The van der Waals surface area contributed by atoms with Crippen molar-refractivity contribution in [1.82, 2.24) is 10.2 Å². The number of hydrogen-bond donors (Lipinski definition) is 1. The zero-order valence-corrected chi connectivity index (χ0v) is 19.6. The molecule has 1 N–H and O–H groups in total. The largest absolute Gasteiger partial charge is 0.379 e. The van der Waals surface area contributed by atoms with Gasteiger partial charge in [-0.1, -0.05) is 36.4 Å². The number of carbonyl (C=O) groups excluding carboxylic acids is 1. The number of rotatable bonds is 8.